The van der Waals surface area contributed by atoms with Crippen LogP contribution < -0.4 is 5.73 Å². The lowest BCUT2D eigenvalue weighted by Crippen LogP contribution is -2.27. The van der Waals surface area contributed by atoms with Gasteiger partial charge in [-0.2, -0.15) is 0 Å². The molecule has 1 unspecified atom stereocenters. The molecule has 26 heavy (non-hydrogen) atoms. The highest BCUT2D eigenvalue weighted by molar-refractivity contribution is 8.07. The van der Waals surface area contributed by atoms with Gasteiger partial charge in [0.05, 0.1) is 5.02 Å². The highest BCUT2D eigenvalue weighted by atomic mass is 35.5. The van der Waals surface area contributed by atoms with E-state index in [2.05, 4.69) is 15.0 Å². The van der Waals surface area contributed by atoms with E-state index in [1.165, 1.54) is 0 Å². The SMILES string of the molecule is CC(C)C1(c2cccc(-c3cncc(Cl)c3)c2)N=C(N)C(S(C)(=O)=O)=N1. The van der Waals surface area contributed by atoms with Gasteiger partial charge in [-0.05, 0) is 17.7 Å². The first-order valence-corrected chi connectivity index (χ1v) is 10.3. The topological polar surface area (TPSA) is 97.8 Å². The van der Waals surface area contributed by atoms with Crippen molar-refractivity contribution >= 4 is 32.3 Å². The van der Waals surface area contributed by atoms with Crippen molar-refractivity contribution in [3.05, 3.63) is 53.3 Å². The fourth-order valence-corrected chi connectivity index (χ4v) is 3.86. The number of nitrogens with zero attached hydrogens (tertiary/aromatic N) is 3. The summed E-state index contributed by atoms with van der Waals surface area (Å²) in [6.07, 6.45) is 4.36. The molecule has 136 valence electrons. The number of hydrogen-bond donors (Lipinski definition) is 1. The molecule has 0 aliphatic carbocycles. The van der Waals surface area contributed by atoms with E-state index in [-0.39, 0.29) is 16.8 Å². The van der Waals surface area contributed by atoms with E-state index < -0.39 is 15.5 Å². The molecule has 8 heteroatoms. The van der Waals surface area contributed by atoms with Gasteiger partial charge in [-0.1, -0.05) is 43.6 Å². The molecule has 1 aliphatic rings. The van der Waals surface area contributed by atoms with E-state index in [0.29, 0.717) is 5.02 Å². The molecule has 2 aromatic rings. The van der Waals surface area contributed by atoms with Crippen LogP contribution in [0.3, 0.4) is 0 Å². The molecule has 2 N–H and O–H groups in total. The Morgan fingerprint density at radius 2 is 1.85 bits per heavy atom. The molecular formula is C18H19ClN4O2S. The number of rotatable bonds is 3. The van der Waals surface area contributed by atoms with E-state index in [1.54, 1.807) is 12.4 Å². The summed E-state index contributed by atoms with van der Waals surface area (Å²) in [6, 6.07) is 9.39. The number of aliphatic imine (C=N–C) groups is 2. The molecule has 1 aromatic heterocycles. The van der Waals surface area contributed by atoms with Gasteiger partial charge in [0.25, 0.3) is 0 Å². The number of nitrogens with two attached hydrogens (primary N) is 1. The van der Waals surface area contributed by atoms with E-state index in [1.807, 2.05) is 44.2 Å². The molecule has 0 radical (unpaired) electrons. The Morgan fingerprint density at radius 3 is 2.42 bits per heavy atom. The minimum Gasteiger partial charge on any atom is -0.382 e. The Kier molecular flexibility index (Phi) is 4.62. The largest absolute Gasteiger partial charge is 0.382 e. The molecule has 0 spiro atoms. The third-order valence-electron chi connectivity index (χ3n) is 4.26. The summed E-state index contributed by atoms with van der Waals surface area (Å²) in [5, 5.41) is 0.369. The molecule has 0 fully saturated rings. The summed E-state index contributed by atoms with van der Waals surface area (Å²) >= 11 is 6.04. The van der Waals surface area contributed by atoms with Crippen molar-refractivity contribution in [2.45, 2.75) is 19.5 Å². The summed E-state index contributed by atoms with van der Waals surface area (Å²) in [5.41, 5.74) is 7.31. The maximum absolute atomic E-state index is 12.0. The van der Waals surface area contributed by atoms with Gasteiger partial charge in [0.2, 0.25) is 0 Å². The van der Waals surface area contributed by atoms with Crippen LogP contribution in [0.4, 0.5) is 0 Å². The highest BCUT2D eigenvalue weighted by Crippen LogP contribution is 2.40. The van der Waals surface area contributed by atoms with Crippen molar-refractivity contribution in [2.75, 3.05) is 6.26 Å². The molecular weight excluding hydrogens is 372 g/mol. The molecule has 0 amide bonds. The minimum absolute atomic E-state index is 0.0592. The number of sulfone groups is 1. The summed E-state index contributed by atoms with van der Waals surface area (Å²) in [7, 11) is -3.57. The lowest BCUT2D eigenvalue weighted by atomic mass is 9.88. The monoisotopic (exact) mass is 390 g/mol. The van der Waals surface area contributed by atoms with Crippen LogP contribution in [0, 0.1) is 5.92 Å². The fraction of sp³-hybridized carbons (Fsp3) is 0.278. The molecule has 3 rings (SSSR count). The summed E-state index contributed by atoms with van der Waals surface area (Å²) in [6.45, 7) is 3.86. The van der Waals surface area contributed by atoms with Crippen molar-refractivity contribution in [1.82, 2.24) is 4.98 Å². The van der Waals surface area contributed by atoms with Crippen molar-refractivity contribution in [1.29, 1.82) is 0 Å². The number of benzene rings is 1. The fourth-order valence-electron chi connectivity index (χ4n) is 2.96. The molecule has 1 atom stereocenters. The molecule has 0 bridgehead atoms. The van der Waals surface area contributed by atoms with Crippen LogP contribution >= 0.6 is 11.6 Å². The first-order chi connectivity index (χ1) is 12.1. The van der Waals surface area contributed by atoms with E-state index in [0.717, 1.165) is 22.9 Å². The van der Waals surface area contributed by atoms with Gasteiger partial charge in [-0.15, -0.1) is 0 Å². The van der Waals surface area contributed by atoms with Gasteiger partial charge < -0.3 is 5.73 Å². The lowest BCUT2D eigenvalue weighted by molar-refractivity contribution is 0.343. The van der Waals surface area contributed by atoms with Gasteiger partial charge in [-0.3, -0.25) is 4.98 Å². The smallest absolute Gasteiger partial charge is 0.196 e. The summed E-state index contributed by atoms with van der Waals surface area (Å²) in [4.78, 5) is 13.0. The van der Waals surface area contributed by atoms with E-state index in [4.69, 9.17) is 17.3 Å². The van der Waals surface area contributed by atoms with Crippen molar-refractivity contribution in [3.8, 4) is 11.1 Å². The zero-order valence-corrected chi connectivity index (χ0v) is 16.2. The van der Waals surface area contributed by atoms with Gasteiger partial charge in [0.1, 0.15) is 0 Å². The third kappa shape index (κ3) is 3.24. The van der Waals surface area contributed by atoms with Crippen LogP contribution in [-0.4, -0.2) is 30.5 Å². The van der Waals surface area contributed by atoms with Gasteiger partial charge >= 0.3 is 0 Å². The number of pyridine rings is 1. The average molecular weight is 391 g/mol. The molecule has 1 aliphatic heterocycles. The summed E-state index contributed by atoms with van der Waals surface area (Å²) in [5.74, 6) is -0.163. The second kappa shape index (κ2) is 6.48. The van der Waals surface area contributed by atoms with Crippen molar-refractivity contribution in [2.24, 2.45) is 21.6 Å². The van der Waals surface area contributed by atoms with E-state index in [9.17, 15) is 8.42 Å². The second-order valence-corrected chi connectivity index (χ2v) is 8.91. The Balaban J connectivity index is 2.18. The Labute approximate surface area is 157 Å². The second-order valence-electron chi connectivity index (χ2n) is 6.54. The molecule has 1 aromatic carbocycles. The standard InChI is InChI=1S/C18H19ClN4O2S/c1-11(2)18(22-16(20)17(23-18)26(3,24)25)14-6-4-5-12(7-14)13-8-15(19)10-21-9-13/h4-11H,1-3H3,(H2,20,22). The highest BCUT2D eigenvalue weighted by Gasteiger charge is 2.42. The Morgan fingerprint density at radius 1 is 1.12 bits per heavy atom. The molecule has 2 heterocycles. The minimum atomic E-state index is -3.57. The Bertz CT molecular complexity index is 1030. The molecule has 0 saturated carbocycles. The first kappa shape index (κ1) is 18.5. The average Bonchev–Trinajstić information content (AvgIpc) is 2.94. The van der Waals surface area contributed by atoms with Crippen LogP contribution in [-0.2, 0) is 15.5 Å². The predicted octanol–water partition coefficient (Wildman–Crippen LogP) is 3.02. The number of amidine groups is 1. The predicted molar refractivity (Wildman–Crippen MR) is 105 cm³/mol. The number of aromatic nitrogens is 1. The molecule has 6 nitrogen and oxygen atoms in total. The van der Waals surface area contributed by atoms with Gasteiger partial charge in [0, 0.05) is 35.7 Å². The number of hydrogen-bond acceptors (Lipinski definition) is 6. The first-order valence-electron chi connectivity index (χ1n) is 8.00. The Hall–Kier alpha value is -2.25. The molecule has 0 saturated heterocycles. The maximum Gasteiger partial charge on any atom is 0.196 e. The van der Waals surface area contributed by atoms with Crippen LogP contribution in [0.2, 0.25) is 5.02 Å². The van der Waals surface area contributed by atoms with Crippen LogP contribution in [0.15, 0.2) is 52.7 Å². The van der Waals surface area contributed by atoms with Gasteiger partial charge in [0.15, 0.2) is 26.4 Å². The van der Waals surface area contributed by atoms with Crippen LogP contribution in [0.1, 0.15) is 19.4 Å². The van der Waals surface area contributed by atoms with Crippen molar-refractivity contribution in [3.63, 3.8) is 0 Å². The zero-order chi connectivity index (χ0) is 19.1. The van der Waals surface area contributed by atoms with Crippen LogP contribution in [0.5, 0.6) is 0 Å². The van der Waals surface area contributed by atoms with Crippen LogP contribution in [0.25, 0.3) is 11.1 Å². The lowest BCUT2D eigenvalue weighted by Gasteiger charge is -2.28. The van der Waals surface area contributed by atoms with E-state index >= 15 is 0 Å². The van der Waals surface area contributed by atoms with Gasteiger partial charge in [-0.25, -0.2) is 18.4 Å². The third-order valence-corrected chi connectivity index (χ3v) is 5.47. The summed E-state index contributed by atoms with van der Waals surface area (Å²) < 4.78 is 24.0. The zero-order valence-electron chi connectivity index (χ0n) is 14.6. The maximum atomic E-state index is 12.0. The van der Waals surface area contributed by atoms with Crippen molar-refractivity contribution < 1.29 is 8.42 Å². The quantitative estimate of drug-likeness (QED) is 0.870. The number of halogens is 1. The normalized spacial score (nSPS) is 20.2.